The van der Waals surface area contributed by atoms with E-state index in [1.54, 1.807) is 18.4 Å². The number of nitrogens with zero attached hydrogens (tertiary/aromatic N) is 2. The molecule has 0 bridgehead atoms. The third-order valence-electron chi connectivity index (χ3n) is 4.86. The number of guanidine groups is 1. The molecule has 1 aromatic heterocycles. The van der Waals surface area contributed by atoms with Crippen LogP contribution in [0.5, 0.6) is 0 Å². The Bertz CT molecular complexity index is 933. The van der Waals surface area contributed by atoms with E-state index in [9.17, 15) is 0 Å². The molecule has 30 heavy (non-hydrogen) atoms. The summed E-state index contributed by atoms with van der Waals surface area (Å²) in [5.41, 5.74) is 4.71. The molecule has 3 aromatic rings. The van der Waals surface area contributed by atoms with Crippen molar-refractivity contribution in [3.63, 3.8) is 0 Å². The number of hydrogen-bond donors (Lipinski definition) is 2. The second-order valence-electron chi connectivity index (χ2n) is 7.10. The molecule has 0 aliphatic heterocycles. The Morgan fingerprint density at radius 1 is 0.967 bits per heavy atom. The minimum atomic E-state index is 0.585. The van der Waals surface area contributed by atoms with Gasteiger partial charge in [0.25, 0.3) is 0 Å². The molecule has 0 saturated carbocycles. The third-order valence-corrected chi connectivity index (χ3v) is 5.99. The predicted octanol–water partition coefficient (Wildman–Crippen LogP) is 4.38. The largest absolute Gasteiger partial charge is 0.372 e. The zero-order chi connectivity index (χ0) is 21.2. The van der Waals surface area contributed by atoms with Crippen LogP contribution in [0.25, 0.3) is 0 Å². The van der Waals surface area contributed by atoms with Gasteiger partial charge in [-0.05, 0) is 30.5 Å². The van der Waals surface area contributed by atoms with Crippen molar-refractivity contribution in [2.24, 2.45) is 4.99 Å². The fraction of sp³-hybridized carbons (Fsp3) is 0.333. The molecule has 0 unspecified atom stereocenters. The van der Waals surface area contributed by atoms with Crippen molar-refractivity contribution in [3.8, 4) is 0 Å². The fourth-order valence-corrected chi connectivity index (χ4v) is 3.99. The maximum atomic E-state index is 5.93. The number of aryl methyl sites for hydroxylation is 2. The maximum absolute atomic E-state index is 5.93. The first-order chi connectivity index (χ1) is 14.7. The first-order valence-corrected chi connectivity index (χ1v) is 11.0. The molecule has 0 amide bonds. The molecule has 6 heteroatoms. The Balaban J connectivity index is 1.46. The van der Waals surface area contributed by atoms with Gasteiger partial charge >= 0.3 is 0 Å². The van der Waals surface area contributed by atoms with Gasteiger partial charge in [-0.25, -0.2) is 4.98 Å². The molecule has 0 radical (unpaired) electrons. The van der Waals surface area contributed by atoms with E-state index < -0.39 is 0 Å². The summed E-state index contributed by atoms with van der Waals surface area (Å²) in [6.07, 6.45) is 0.893. The molecular formula is C24H30N4OS. The third kappa shape index (κ3) is 6.68. The average Bonchev–Trinajstić information content (AvgIpc) is 3.09. The van der Waals surface area contributed by atoms with Gasteiger partial charge in [0.2, 0.25) is 0 Å². The molecule has 1 heterocycles. The molecule has 2 N–H and O–H groups in total. The van der Waals surface area contributed by atoms with Crippen LogP contribution in [-0.4, -0.2) is 24.5 Å². The van der Waals surface area contributed by atoms with Crippen LogP contribution >= 0.6 is 11.3 Å². The van der Waals surface area contributed by atoms with Gasteiger partial charge in [-0.15, -0.1) is 11.3 Å². The Morgan fingerprint density at radius 2 is 1.70 bits per heavy atom. The normalized spacial score (nSPS) is 11.5. The van der Waals surface area contributed by atoms with Gasteiger partial charge in [0.15, 0.2) is 5.96 Å². The van der Waals surface area contributed by atoms with Crippen LogP contribution in [0, 0.1) is 13.8 Å². The summed E-state index contributed by atoms with van der Waals surface area (Å²) in [6.45, 7) is 6.87. The highest BCUT2D eigenvalue weighted by Crippen LogP contribution is 2.16. The van der Waals surface area contributed by atoms with Crippen LogP contribution in [-0.2, 0) is 30.9 Å². The Kier molecular flexibility index (Phi) is 8.41. The van der Waals surface area contributed by atoms with Crippen LogP contribution in [0.2, 0.25) is 0 Å². The monoisotopic (exact) mass is 422 g/mol. The number of nitrogens with one attached hydrogen (secondary N) is 2. The molecule has 158 valence electrons. The van der Waals surface area contributed by atoms with Crippen molar-refractivity contribution in [1.29, 1.82) is 0 Å². The molecule has 5 nitrogen and oxygen atoms in total. The number of hydrogen-bond acceptors (Lipinski definition) is 4. The Hall–Kier alpha value is -2.70. The first-order valence-electron chi connectivity index (χ1n) is 10.2. The lowest BCUT2D eigenvalue weighted by Gasteiger charge is -2.14. The number of ether oxygens (including phenoxy) is 1. The maximum Gasteiger partial charge on any atom is 0.191 e. The van der Waals surface area contributed by atoms with Crippen molar-refractivity contribution in [1.82, 2.24) is 15.6 Å². The molecule has 3 rings (SSSR count). The molecule has 0 aliphatic carbocycles. The summed E-state index contributed by atoms with van der Waals surface area (Å²) < 4.78 is 5.93. The van der Waals surface area contributed by atoms with E-state index in [1.807, 2.05) is 18.2 Å². The van der Waals surface area contributed by atoms with E-state index in [2.05, 4.69) is 70.9 Å². The fourth-order valence-electron chi connectivity index (χ4n) is 3.06. The molecule has 0 fully saturated rings. The molecule has 0 atom stereocenters. The van der Waals surface area contributed by atoms with Crippen LogP contribution in [0.15, 0.2) is 59.6 Å². The topological polar surface area (TPSA) is 58.5 Å². The van der Waals surface area contributed by atoms with Crippen molar-refractivity contribution < 1.29 is 4.74 Å². The summed E-state index contributed by atoms with van der Waals surface area (Å²) in [4.78, 5) is 10.2. The van der Waals surface area contributed by atoms with Crippen LogP contribution < -0.4 is 10.6 Å². The van der Waals surface area contributed by atoms with Crippen molar-refractivity contribution >= 4 is 17.3 Å². The highest BCUT2D eigenvalue weighted by molar-refractivity contribution is 7.11. The SMILES string of the molecule is CN=C(NCCc1nc(C)c(C)s1)NCc1ccccc1COCc1ccccc1. The Morgan fingerprint density at radius 3 is 2.40 bits per heavy atom. The molecular weight excluding hydrogens is 392 g/mol. The summed E-state index contributed by atoms with van der Waals surface area (Å²) >= 11 is 1.77. The van der Waals surface area contributed by atoms with Crippen LogP contribution in [0.1, 0.15) is 32.3 Å². The lowest BCUT2D eigenvalue weighted by molar-refractivity contribution is 0.106. The lowest BCUT2D eigenvalue weighted by atomic mass is 10.1. The molecule has 2 aromatic carbocycles. The smallest absolute Gasteiger partial charge is 0.191 e. The van der Waals surface area contributed by atoms with Gasteiger partial charge < -0.3 is 15.4 Å². The Labute approximate surface area is 183 Å². The summed E-state index contributed by atoms with van der Waals surface area (Å²) in [5.74, 6) is 0.792. The quantitative estimate of drug-likeness (QED) is 0.397. The zero-order valence-corrected chi connectivity index (χ0v) is 18.8. The number of aliphatic imine (C=N–C) groups is 1. The van der Waals surface area contributed by atoms with Gasteiger partial charge in [-0.3, -0.25) is 4.99 Å². The zero-order valence-electron chi connectivity index (χ0n) is 17.9. The second kappa shape index (κ2) is 11.5. The number of thiazole rings is 1. The number of benzene rings is 2. The highest BCUT2D eigenvalue weighted by Gasteiger charge is 2.06. The van der Waals surface area contributed by atoms with Crippen molar-refractivity contribution in [3.05, 3.63) is 86.9 Å². The van der Waals surface area contributed by atoms with E-state index in [0.29, 0.717) is 19.8 Å². The summed E-state index contributed by atoms with van der Waals surface area (Å²) in [5, 5.41) is 7.94. The second-order valence-corrected chi connectivity index (χ2v) is 8.39. The predicted molar refractivity (Wildman–Crippen MR) is 125 cm³/mol. The summed E-state index contributed by atoms with van der Waals surface area (Å²) in [6, 6.07) is 18.6. The van der Waals surface area contributed by atoms with Crippen LogP contribution in [0.4, 0.5) is 0 Å². The van der Waals surface area contributed by atoms with E-state index in [0.717, 1.165) is 29.6 Å². The first kappa shape index (κ1) is 22.0. The van der Waals surface area contributed by atoms with Crippen molar-refractivity contribution in [2.45, 2.75) is 40.0 Å². The standard InChI is InChI=1S/C24H30N4OS/c1-18-19(2)30-23(28-18)13-14-26-24(25-3)27-15-21-11-7-8-12-22(21)17-29-16-20-9-5-4-6-10-20/h4-12H,13-17H2,1-3H3,(H2,25,26,27). The van der Waals surface area contributed by atoms with Gasteiger partial charge in [-0.2, -0.15) is 0 Å². The average molecular weight is 423 g/mol. The molecule has 0 aliphatic rings. The van der Waals surface area contributed by atoms with Crippen LogP contribution in [0.3, 0.4) is 0 Å². The minimum absolute atomic E-state index is 0.585. The van der Waals surface area contributed by atoms with Gasteiger partial charge in [0.05, 0.1) is 23.9 Å². The van der Waals surface area contributed by atoms with Gasteiger partial charge in [0.1, 0.15) is 0 Å². The minimum Gasteiger partial charge on any atom is -0.372 e. The highest BCUT2D eigenvalue weighted by atomic mass is 32.1. The number of rotatable bonds is 9. The molecule has 0 saturated heterocycles. The van der Waals surface area contributed by atoms with E-state index >= 15 is 0 Å². The van der Waals surface area contributed by atoms with E-state index in [-0.39, 0.29) is 0 Å². The summed E-state index contributed by atoms with van der Waals surface area (Å²) in [7, 11) is 1.79. The lowest BCUT2D eigenvalue weighted by Crippen LogP contribution is -2.38. The van der Waals surface area contributed by atoms with Crippen molar-refractivity contribution in [2.75, 3.05) is 13.6 Å². The van der Waals surface area contributed by atoms with Gasteiger partial charge in [0, 0.05) is 31.4 Å². The number of aromatic nitrogens is 1. The molecule has 0 spiro atoms. The van der Waals surface area contributed by atoms with E-state index in [1.165, 1.54) is 21.6 Å². The van der Waals surface area contributed by atoms with Gasteiger partial charge in [-0.1, -0.05) is 54.6 Å². The van der Waals surface area contributed by atoms with E-state index in [4.69, 9.17) is 4.74 Å².